The van der Waals surface area contributed by atoms with Crippen molar-refractivity contribution in [3.63, 3.8) is 0 Å². The van der Waals surface area contributed by atoms with Gasteiger partial charge in [0, 0.05) is 37.1 Å². The minimum Gasteiger partial charge on any atom is -0.423 e. The molecule has 7 nitrogen and oxygen atoms in total. The van der Waals surface area contributed by atoms with E-state index in [4.69, 9.17) is 9.15 Å². The van der Waals surface area contributed by atoms with Crippen molar-refractivity contribution in [1.29, 1.82) is 0 Å². The molecule has 1 aromatic heterocycles. The molecule has 1 N–H and O–H groups in total. The largest absolute Gasteiger partial charge is 0.423 e. The quantitative estimate of drug-likeness (QED) is 0.607. The molecule has 1 aliphatic rings. The van der Waals surface area contributed by atoms with E-state index in [1.54, 1.807) is 6.07 Å². The molecule has 0 bridgehead atoms. The number of rotatable bonds is 6. The van der Waals surface area contributed by atoms with Crippen LogP contribution in [-0.4, -0.2) is 46.2 Å². The first-order valence-electron chi connectivity index (χ1n) is 9.84. The summed E-state index contributed by atoms with van der Waals surface area (Å²) < 4.78 is 39.3. The van der Waals surface area contributed by atoms with Gasteiger partial charge >= 0.3 is 5.63 Å². The van der Waals surface area contributed by atoms with E-state index >= 15 is 0 Å². The van der Waals surface area contributed by atoms with E-state index in [2.05, 4.69) is 15.7 Å². The van der Waals surface area contributed by atoms with Crippen LogP contribution in [0.3, 0.4) is 0 Å². The topological polar surface area (TPSA) is 88.8 Å². The summed E-state index contributed by atoms with van der Waals surface area (Å²) in [7, 11) is -3.74. The van der Waals surface area contributed by atoms with Crippen molar-refractivity contribution in [2.45, 2.75) is 17.9 Å². The number of hydrogen-bond donors (Lipinski definition) is 1. The Bertz CT molecular complexity index is 1200. The van der Waals surface area contributed by atoms with Crippen LogP contribution in [0.1, 0.15) is 17.2 Å². The number of nitrogens with one attached hydrogen (secondary N) is 1. The standard InChI is InChI=1S/C22H24N2O5S/c1-16-3-2-4-17(13-16)20(24-9-11-28-12-10-24)15-23-30(26,27)19-6-7-21-18(14-19)5-8-22(25)29-21/h2-8,13-14,20,23H,9-12,15H2,1H3. The number of fused-ring (bicyclic) bond motifs is 1. The fourth-order valence-electron chi connectivity index (χ4n) is 3.71. The van der Waals surface area contributed by atoms with E-state index in [0.717, 1.165) is 24.2 Å². The average Bonchev–Trinajstić information content (AvgIpc) is 2.74. The second-order valence-electron chi connectivity index (χ2n) is 7.38. The zero-order chi connectivity index (χ0) is 21.1. The highest BCUT2D eigenvalue weighted by molar-refractivity contribution is 7.89. The SMILES string of the molecule is Cc1cccc(C(CNS(=O)(=O)c2ccc3oc(=O)ccc3c2)N2CCOCC2)c1. The normalized spacial score (nSPS) is 16.6. The number of morpholine rings is 1. The number of ether oxygens (including phenoxy) is 1. The van der Waals surface area contributed by atoms with Crippen LogP contribution in [0.15, 0.2) is 68.7 Å². The molecule has 158 valence electrons. The lowest BCUT2D eigenvalue weighted by Gasteiger charge is -2.35. The van der Waals surface area contributed by atoms with Crippen molar-refractivity contribution in [3.8, 4) is 0 Å². The predicted molar refractivity (Wildman–Crippen MR) is 114 cm³/mol. The average molecular weight is 429 g/mol. The Labute approximate surface area is 175 Å². The highest BCUT2D eigenvalue weighted by atomic mass is 32.2. The number of benzene rings is 2. The number of hydrogen-bond acceptors (Lipinski definition) is 6. The third-order valence-electron chi connectivity index (χ3n) is 5.28. The van der Waals surface area contributed by atoms with Gasteiger partial charge in [-0.1, -0.05) is 29.8 Å². The third kappa shape index (κ3) is 4.62. The first-order valence-corrected chi connectivity index (χ1v) is 11.3. The van der Waals surface area contributed by atoms with Crippen molar-refractivity contribution < 1.29 is 17.6 Å². The van der Waals surface area contributed by atoms with Crippen LogP contribution in [0.5, 0.6) is 0 Å². The molecule has 0 saturated carbocycles. The number of sulfonamides is 1. The van der Waals surface area contributed by atoms with Crippen LogP contribution >= 0.6 is 0 Å². The van der Waals surface area contributed by atoms with Crippen LogP contribution in [0.25, 0.3) is 11.0 Å². The Balaban J connectivity index is 1.58. The van der Waals surface area contributed by atoms with Crippen molar-refractivity contribution in [2.24, 2.45) is 0 Å². The fourth-order valence-corrected chi connectivity index (χ4v) is 4.79. The maximum atomic E-state index is 13.0. The van der Waals surface area contributed by atoms with Crippen molar-refractivity contribution in [2.75, 3.05) is 32.8 Å². The number of nitrogens with zero attached hydrogens (tertiary/aromatic N) is 1. The molecule has 2 heterocycles. The molecule has 8 heteroatoms. The molecule has 3 aromatic rings. The van der Waals surface area contributed by atoms with Gasteiger partial charge in [0.1, 0.15) is 5.58 Å². The highest BCUT2D eigenvalue weighted by Crippen LogP contribution is 2.24. The summed E-state index contributed by atoms with van der Waals surface area (Å²) in [5, 5.41) is 0.556. The van der Waals surface area contributed by atoms with E-state index in [9.17, 15) is 13.2 Å². The van der Waals surface area contributed by atoms with Crippen molar-refractivity contribution in [3.05, 3.63) is 76.1 Å². The Morgan fingerprint density at radius 1 is 1.07 bits per heavy atom. The lowest BCUT2D eigenvalue weighted by molar-refractivity contribution is 0.0172. The zero-order valence-electron chi connectivity index (χ0n) is 16.7. The first kappa shape index (κ1) is 20.7. The summed E-state index contributed by atoms with van der Waals surface area (Å²) in [5.74, 6) is 0. The van der Waals surface area contributed by atoms with E-state index < -0.39 is 15.6 Å². The smallest absolute Gasteiger partial charge is 0.336 e. The molecule has 0 aliphatic carbocycles. The molecule has 1 saturated heterocycles. The summed E-state index contributed by atoms with van der Waals surface area (Å²) in [5.41, 5.74) is 2.08. The summed E-state index contributed by atoms with van der Waals surface area (Å²) in [6, 6.07) is 15.3. The van der Waals surface area contributed by atoms with Gasteiger partial charge in [-0.2, -0.15) is 0 Å². The molecule has 1 unspecified atom stereocenters. The fraction of sp³-hybridized carbons (Fsp3) is 0.318. The monoisotopic (exact) mass is 428 g/mol. The van der Waals surface area contributed by atoms with Gasteiger partial charge in [-0.05, 0) is 36.8 Å². The Morgan fingerprint density at radius 3 is 2.63 bits per heavy atom. The van der Waals surface area contributed by atoms with Gasteiger partial charge in [-0.15, -0.1) is 0 Å². The molecule has 30 heavy (non-hydrogen) atoms. The summed E-state index contributed by atoms with van der Waals surface area (Å²) >= 11 is 0. The van der Waals surface area contributed by atoms with Crippen LogP contribution in [-0.2, 0) is 14.8 Å². The Hall–Kier alpha value is -2.52. The molecule has 1 atom stereocenters. The summed E-state index contributed by atoms with van der Waals surface area (Å²) in [6.07, 6.45) is 0. The minimum atomic E-state index is -3.74. The van der Waals surface area contributed by atoms with Crippen LogP contribution in [0.4, 0.5) is 0 Å². The van der Waals surface area contributed by atoms with Gasteiger partial charge in [-0.25, -0.2) is 17.9 Å². The first-order chi connectivity index (χ1) is 14.4. The lowest BCUT2D eigenvalue weighted by Crippen LogP contribution is -2.43. The van der Waals surface area contributed by atoms with Gasteiger partial charge in [0.25, 0.3) is 0 Å². The second-order valence-corrected chi connectivity index (χ2v) is 9.15. The maximum absolute atomic E-state index is 13.0. The maximum Gasteiger partial charge on any atom is 0.336 e. The number of aryl methyl sites for hydroxylation is 1. The van der Waals surface area contributed by atoms with Gasteiger partial charge in [0.15, 0.2) is 0 Å². The van der Waals surface area contributed by atoms with Crippen LogP contribution < -0.4 is 10.3 Å². The van der Waals surface area contributed by atoms with E-state index in [1.165, 1.54) is 24.3 Å². The van der Waals surface area contributed by atoms with E-state index in [1.807, 2.05) is 25.1 Å². The van der Waals surface area contributed by atoms with Crippen LogP contribution in [0, 0.1) is 6.92 Å². The van der Waals surface area contributed by atoms with Crippen molar-refractivity contribution in [1.82, 2.24) is 9.62 Å². The van der Waals surface area contributed by atoms with Gasteiger partial charge in [0.2, 0.25) is 10.0 Å². The van der Waals surface area contributed by atoms with Gasteiger partial charge < -0.3 is 9.15 Å². The summed E-state index contributed by atoms with van der Waals surface area (Å²) in [6.45, 7) is 5.02. The van der Waals surface area contributed by atoms with Gasteiger partial charge in [-0.3, -0.25) is 4.90 Å². The van der Waals surface area contributed by atoms with E-state index in [0.29, 0.717) is 24.2 Å². The molecule has 0 spiro atoms. The Kier molecular flexibility index (Phi) is 6.01. The molecular weight excluding hydrogens is 404 g/mol. The highest BCUT2D eigenvalue weighted by Gasteiger charge is 2.25. The van der Waals surface area contributed by atoms with Gasteiger partial charge in [0.05, 0.1) is 18.1 Å². The zero-order valence-corrected chi connectivity index (χ0v) is 17.5. The third-order valence-corrected chi connectivity index (χ3v) is 6.70. The molecule has 0 radical (unpaired) electrons. The minimum absolute atomic E-state index is 0.0953. The molecule has 1 aliphatic heterocycles. The van der Waals surface area contributed by atoms with Crippen LogP contribution in [0.2, 0.25) is 0 Å². The molecular formula is C22H24N2O5S. The molecule has 4 rings (SSSR count). The summed E-state index contributed by atoms with van der Waals surface area (Å²) in [4.78, 5) is 13.7. The molecule has 2 aromatic carbocycles. The van der Waals surface area contributed by atoms with E-state index in [-0.39, 0.29) is 17.5 Å². The predicted octanol–water partition coefficient (Wildman–Crippen LogP) is 2.45. The molecule has 1 fully saturated rings. The van der Waals surface area contributed by atoms with Crippen molar-refractivity contribution >= 4 is 21.0 Å². The Morgan fingerprint density at radius 2 is 1.87 bits per heavy atom. The lowest BCUT2D eigenvalue weighted by atomic mass is 10.0. The second kappa shape index (κ2) is 8.69. The molecule has 0 amide bonds.